The van der Waals surface area contributed by atoms with E-state index in [1.807, 2.05) is 6.92 Å². The Morgan fingerprint density at radius 1 is 1.00 bits per heavy atom. The lowest BCUT2D eigenvalue weighted by Gasteiger charge is -2.22. The fourth-order valence-corrected chi connectivity index (χ4v) is 2.77. The molecule has 1 saturated heterocycles. The zero-order valence-corrected chi connectivity index (χ0v) is 13.9. The van der Waals surface area contributed by atoms with Crippen LogP contribution in [0.15, 0.2) is 12.1 Å². The number of carbonyl (C=O) groups excluding carboxylic acids is 2. The molecule has 1 aliphatic heterocycles. The van der Waals surface area contributed by atoms with Gasteiger partial charge < -0.3 is 25.1 Å². The van der Waals surface area contributed by atoms with Crippen LogP contribution in [0.2, 0.25) is 0 Å². The Bertz CT molecular complexity index is 594. The van der Waals surface area contributed by atoms with Gasteiger partial charge in [0, 0.05) is 38.2 Å². The highest BCUT2D eigenvalue weighted by Gasteiger charge is 2.24. The number of phenolic OH excluding ortho intramolecular Hbond substituents is 3. The van der Waals surface area contributed by atoms with Gasteiger partial charge in [0.1, 0.15) is 0 Å². The van der Waals surface area contributed by atoms with Crippen LogP contribution in [-0.4, -0.2) is 63.1 Å². The number of hydrogen-bond acceptors (Lipinski definition) is 5. The molecule has 132 valence electrons. The molecule has 0 aromatic heterocycles. The molecule has 0 radical (unpaired) electrons. The minimum absolute atomic E-state index is 0.105. The van der Waals surface area contributed by atoms with E-state index >= 15 is 0 Å². The quantitative estimate of drug-likeness (QED) is 0.726. The molecule has 1 heterocycles. The topological polar surface area (TPSA) is 101 Å². The van der Waals surface area contributed by atoms with Crippen molar-refractivity contribution in [2.24, 2.45) is 0 Å². The number of carbonyl (C=O) groups is 2. The van der Waals surface area contributed by atoms with E-state index in [9.17, 15) is 24.9 Å². The number of benzene rings is 1. The molecule has 0 aliphatic carbocycles. The fourth-order valence-electron chi connectivity index (χ4n) is 2.77. The van der Waals surface area contributed by atoms with Crippen LogP contribution in [0.4, 0.5) is 0 Å². The fraction of sp³-hybridized carbons (Fsp3) is 0.529. The summed E-state index contributed by atoms with van der Waals surface area (Å²) in [7, 11) is 0. The molecule has 0 bridgehead atoms. The Morgan fingerprint density at radius 3 is 2.21 bits per heavy atom. The zero-order chi connectivity index (χ0) is 17.7. The molecule has 1 fully saturated rings. The third kappa shape index (κ3) is 4.10. The van der Waals surface area contributed by atoms with E-state index in [1.54, 1.807) is 9.80 Å². The largest absolute Gasteiger partial charge is 0.504 e. The summed E-state index contributed by atoms with van der Waals surface area (Å²) in [4.78, 5) is 28.0. The highest BCUT2D eigenvalue weighted by molar-refractivity contribution is 5.95. The standard InChI is InChI=1S/C17H24N2O5/c1-2-3-5-15(22)18-6-4-7-19(9-8-18)17(24)12-10-13(20)16(23)14(21)11-12/h10-11,20-21,23H,2-9H2,1H3. The summed E-state index contributed by atoms with van der Waals surface area (Å²) in [6, 6.07) is 2.26. The molecule has 1 aromatic rings. The number of hydrogen-bond donors (Lipinski definition) is 3. The molecule has 1 aromatic carbocycles. The van der Waals surface area contributed by atoms with Gasteiger partial charge in [-0.2, -0.15) is 0 Å². The first-order chi connectivity index (χ1) is 11.4. The Hall–Kier alpha value is -2.44. The maximum atomic E-state index is 12.5. The maximum absolute atomic E-state index is 12.5. The van der Waals surface area contributed by atoms with Crippen LogP contribution in [0.25, 0.3) is 0 Å². The van der Waals surface area contributed by atoms with Gasteiger partial charge in [0.25, 0.3) is 5.91 Å². The van der Waals surface area contributed by atoms with E-state index in [0.29, 0.717) is 39.0 Å². The molecule has 3 N–H and O–H groups in total. The van der Waals surface area contributed by atoms with Gasteiger partial charge in [-0.05, 0) is 25.0 Å². The lowest BCUT2D eigenvalue weighted by Crippen LogP contribution is -2.37. The van der Waals surface area contributed by atoms with Crippen molar-refractivity contribution in [2.45, 2.75) is 32.6 Å². The summed E-state index contributed by atoms with van der Waals surface area (Å²) in [5, 5.41) is 28.5. The van der Waals surface area contributed by atoms with E-state index in [2.05, 4.69) is 0 Å². The summed E-state index contributed by atoms with van der Waals surface area (Å²) in [5.41, 5.74) is 0.105. The highest BCUT2D eigenvalue weighted by Crippen LogP contribution is 2.35. The first-order valence-electron chi connectivity index (χ1n) is 8.26. The van der Waals surface area contributed by atoms with Crippen molar-refractivity contribution < 1.29 is 24.9 Å². The lowest BCUT2D eigenvalue weighted by molar-refractivity contribution is -0.131. The Kier molecular flexibility index (Phi) is 5.89. The molecule has 0 spiro atoms. The summed E-state index contributed by atoms with van der Waals surface area (Å²) < 4.78 is 0. The predicted octanol–water partition coefficient (Wildman–Crippen LogP) is 1.67. The van der Waals surface area contributed by atoms with Crippen molar-refractivity contribution in [2.75, 3.05) is 26.2 Å². The van der Waals surface area contributed by atoms with E-state index in [4.69, 9.17) is 0 Å². The van der Waals surface area contributed by atoms with Gasteiger partial charge in [0.15, 0.2) is 17.2 Å². The van der Waals surface area contributed by atoms with E-state index in [-0.39, 0.29) is 17.4 Å². The van der Waals surface area contributed by atoms with Crippen LogP contribution in [0, 0.1) is 0 Å². The minimum atomic E-state index is -0.643. The summed E-state index contributed by atoms with van der Waals surface area (Å²) >= 11 is 0. The Balaban J connectivity index is 2.03. The van der Waals surface area contributed by atoms with E-state index in [1.165, 1.54) is 0 Å². The van der Waals surface area contributed by atoms with Crippen molar-refractivity contribution in [3.05, 3.63) is 17.7 Å². The number of unbranched alkanes of at least 4 members (excludes halogenated alkanes) is 1. The molecule has 1 aliphatic rings. The smallest absolute Gasteiger partial charge is 0.254 e. The summed E-state index contributed by atoms with van der Waals surface area (Å²) in [6.07, 6.45) is 3.05. The van der Waals surface area contributed by atoms with E-state index < -0.39 is 17.2 Å². The average molecular weight is 336 g/mol. The van der Waals surface area contributed by atoms with Crippen LogP contribution in [0.5, 0.6) is 17.2 Å². The summed E-state index contributed by atoms with van der Waals surface area (Å²) in [5.74, 6) is -1.95. The van der Waals surface area contributed by atoms with E-state index in [0.717, 1.165) is 25.0 Å². The van der Waals surface area contributed by atoms with Gasteiger partial charge in [0.2, 0.25) is 5.91 Å². The first-order valence-corrected chi connectivity index (χ1v) is 8.26. The second kappa shape index (κ2) is 7.90. The number of amides is 2. The molecule has 7 nitrogen and oxygen atoms in total. The van der Waals surface area contributed by atoms with Gasteiger partial charge in [0.05, 0.1) is 0 Å². The van der Waals surface area contributed by atoms with Crippen molar-refractivity contribution in [1.82, 2.24) is 9.80 Å². The third-order valence-electron chi connectivity index (χ3n) is 4.20. The van der Waals surface area contributed by atoms with Crippen LogP contribution in [0.1, 0.15) is 43.0 Å². The second-order valence-electron chi connectivity index (χ2n) is 5.99. The summed E-state index contributed by atoms with van der Waals surface area (Å²) in [6.45, 7) is 4.04. The first kappa shape index (κ1) is 17.9. The second-order valence-corrected chi connectivity index (χ2v) is 5.99. The monoisotopic (exact) mass is 336 g/mol. The van der Waals surface area contributed by atoms with Gasteiger partial charge in [-0.25, -0.2) is 0 Å². The zero-order valence-electron chi connectivity index (χ0n) is 13.9. The molecule has 2 rings (SSSR count). The van der Waals surface area contributed by atoms with Gasteiger partial charge >= 0.3 is 0 Å². The van der Waals surface area contributed by atoms with Crippen LogP contribution in [-0.2, 0) is 4.79 Å². The van der Waals surface area contributed by atoms with Crippen molar-refractivity contribution in [1.29, 1.82) is 0 Å². The van der Waals surface area contributed by atoms with Crippen LogP contribution >= 0.6 is 0 Å². The predicted molar refractivity (Wildman–Crippen MR) is 88.1 cm³/mol. The molecular weight excluding hydrogens is 312 g/mol. The highest BCUT2D eigenvalue weighted by atomic mass is 16.3. The number of phenols is 3. The molecule has 0 unspecified atom stereocenters. The van der Waals surface area contributed by atoms with Crippen LogP contribution < -0.4 is 0 Å². The number of aromatic hydroxyl groups is 3. The Labute approximate surface area is 141 Å². The third-order valence-corrected chi connectivity index (χ3v) is 4.20. The van der Waals surface area contributed by atoms with Crippen molar-refractivity contribution in [3.8, 4) is 17.2 Å². The molecule has 7 heteroatoms. The molecule has 24 heavy (non-hydrogen) atoms. The number of rotatable bonds is 4. The molecular formula is C17H24N2O5. The minimum Gasteiger partial charge on any atom is -0.504 e. The SMILES string of the molecule is CCCCC(=O)N1CCCN(C(=O)c2cc(O)c(O)c(O)c2)CC1. The molecule has 2 amide bonds. The lowest BCUT2D eigenvalue weighted by atomic mass is 10.1. The van der Waals surface area contributed by atoms with Gasteiger partial charge in [-0.3, -0.25) is 9.59 Å². The maximum Gasteiger partial charge on any atom is 0.254 e. The number of nitrogens with zero attached hydrogens (tertiary/aromatic N) is 2. The normalized spacial score (nSPS) is 15.2. The van der Waals surface area contributed by atoms with Crippen molar-refractivity contribution in [3.63, 3.8) is 0 Å². The van der Waals surface area contributed by atoms with Gasteiger partial charge in [-0.1, -0.05) is 13.3 Å². The van der Waals surface area contributed by atoms with Crippen LogP contribution in [0.3, 0.4) is 0 Å². The molecule has 0 saturated carbocycles. The molecule has 0 atom stereocenters. The Morgan fingerprint density at radius 2 is 1.58 bits per heavy atom. The average Bonchev–Trinajstić information content (AvgIpc) is 2.82. The van der Waals surface area contributed by atoms with Crippen molar-refractivity contribution >= 4 is 11.8 Å². The van der Waals surface area contributed by atoms with Gasteiger partial charge in [-0.15, -0.1) is 0 Å².